The number of piperidine rings is 1. The van der Waals surface area contributed by atoms with E-state index in [-0.39, 0.29) is 6.04 Å². The fourth-order valence-electron chi connectivity index (χ4n) is 2.74. The van der Waals surface area contributed by atoms with Crippen LogP contribution in [0.5, 0.6) is 0 Å². The minimum atomic E-state index is -3.09. The molecule has 1 aliphatic heterocycles. The zero-order valence-electron chi connectivity index (χ0n) is 12.4. The Morgan fingerprint density at radius 1 is 1.40 bits per heavy atom. The Bertz CT molecular complexity index is 525. The van der Waals surface area contributed by atoms with Crippen molar-refractivity contribution < 1.29 is 8.42 Å². The van der Waals surface area contributed by atoms with Gasteiger partial charge in [-0.15, -0.1) is 0 Å². The van der Waals surface area contributed by atoms with E-state index >= 15 is 0 Å². The van der Waals surface area contributed by atoms with Crippen LogP contribution in [-0.4, -0.2) is 55.0 Å². The van der Waals surface area contributed by atoms with Gasteiger partial charge in [-0.1, -0.05) is 6.07 Å². The van der Waals surface area contributed by atoms with Crippen molar-refractivity contribution in [1.82, 2.24) is 14.2 Å². The lowest BCUT2D eigenvalue weighted by atomic mass is 10.0. The largest absolute Gasteiger partial charge is 0.296 e. The highest BCUT2D eigenvalue weighted by atomic mass is 32.2. The van der Waals surface area contributed by atoms with Gasteiger partial charge in [0.2, 0.25) is 10.0 Å². The summed E-state index contributed by atoms with van der Waals surface area (Å²) in [7, 11) is -1.41. The molecule has 0 aromatic carbocycles. The zero-order chi connectivity index (χ0) is 14.8. The van der Waals surface area contributed by atoms with E-state index in [0.717, 1.165) is 25.9 Å². The van der Waals surface area contributed by atoms with Crippen molar-refractivity contribution in [2.75, 3.05) is 26.4 Å². The molecule has 0 bridgehead atoms. The van der Waals surface area contributed by atoms with Gasteiger partial charge in [0, 0.05) is 44.6 Å². The molecular weight excluding hydrogens is 274 g/mol. The van der Waals surface area contributed by atoms with Crippen molar-refractivity contribution in [1.29, 1.82) is 0 Å². The maximum Gasteiger partial charge on any atom is 0.211 e. The Hall–Kier alpha value is -0.980. The first-order valence-corrected chi connectivity index (χ1v) is 8.81. The standard InChI is InChI=1S/C14H23N3O2S/c1-12(13-5-4-8-15-11-13)17-9-6-14(7-10-17)16(2)20(3,18)19/h4-5,8,11-12,14H,6-7,9-10H2,1-3H3. The van der Waals surface area contributed by atoms with Gasteiger partial charge in [-0.05, 0) is 31.4 Å². The topological polar surface area (TPSA) is 53.5 Å². The van der Waals surface area contributed by atoms with Crippen molar-refractivity contribution in [3.63, 3.8) is 0 Å². The molecule has 0 saturated carbocycles. The van der Waals surface area contributed by atoms with Crippen LogP contribution in [0.25, 0.3) is 0 Å². The predicted molar refractivity (Wildman–Crippen MR) is 79.9 cm³/mol. The number of rotatable bonds is 4. The van der Waals surface area contributed by atoms with E-state index in [2.05, 4.69) is 22.9 Å². The third-order valence-electron chi connectivity index (χ3n) is 4.25. The summed E-state index contributed by atoms with van der Waals surface area (Å²) < 4.78 is 24.7. The van der Waals surface area contributed by atoms with Crippen molar-refractivity contribution in [3.8, 4) is 0 Å². The summed E-state index contributed by atoms with van der Waals surface area (Å²) in [6, 6.07) is 4.50. The van der Waals surface area contributed by atoms with Gasteiger partial charge in [0.05, 0.1) is 6.26 Å². The minimum absolute atomic E-state index is 0.127. The molecule has 2 heterocycles. The van der Waals surface area contributed by atoms with E-state index in [1.165, 1.54) is 16.1 Å². The van der Waals surface area contributed by atoms with Gasteiger partial charge >= 0.3 is 0 Å². The molecule has 1 unspecified atom stereocenters. The average molecular weight is 297 g/mol. The summed E-state index contributed by atoms with van der Waals surface area (Å²) in [5.74, 6) is 0. The van der Waals surface area contributed by atoms with Gasteiger partial charge in [-0.2, -0.15) is 0 Å². The van der Waals surface area contributed by atoms with Crippen molar-refractivity contribution in [3.05, 3.63) is 30.1 Å². The molecule has 1 aliphatic rings. The molecule has 0 aliphatic carbocycles. The van der Waals surface area contributed by atoms with Crippen molar-refractivity contribution in [2.45, 2.75) is 31.8 Å². The van der Waals surface area contributed by atoms with E-state index in [4.69, 9.17) is 0 Å². The normalized spacial score (nSPS) is 20.2. The van der Waals surface area contributed by atoms with Crippen LogP contribution < -0.4 is 0 Å². The molecule has 0 amide bonds. The third kappa shape index (κ3) is 3.56. The Balaban J connectivity index is 1.95. The van der Waals surface area contributed by atoms with Crippen LogP contribution in [0, 0.1) is 0 Å². The van der Waals surface area contributed by atoms with E-state index in [0.29, 0.717) is 6.04 Å². The summed E-state index contributed by atoms with van der Waals surface area (Å²) in [5, 5.41) is 0. The summed E-state index contributed by atoms with van der Waals surface area (Å²) in [6.45, 7) is 4.01. The van der Waals surface area contributed by atoms with Gasteiger partial charge in [0.25, 0.3) is 0 Å². The lowest BCUT2D eigenvalue weighted by Crippen LogP contribution is -2.45. The van der Waals surface area contributed by atoms with Gasteiger partial charge in [-0.25, -0.2) is 12.7 Å². The average Bonchev–Trinajstić information content (AvgIpc) is 2.46. The molecule has 5 nitrogen and oxygen atoms in total. The lowest BCUT2D eigenvalue weighted by Gasteiger charge is -2.38. The van der Waals surface area contributed by atoms with E-state index in [1.54, 1.807) is 13.2 Å². The lowest BCUT2D eigenvalue weighted by molar-refractivity contribution is 0.133. The number of aromatic nitrogens is 1. The molecule has 1 saturated heterocycles. The van der Waals surface area contributed by atoms with Gasteiger partial charge < -0.3 is 0 Å². The number of sulfonamides is 1. The molecule has 20 heavy (non-hydrogen) atoms. The Morgan fingerprint density at radius 3 is 2.55 bits per heavy atom. The number of likely N-dealkylation sites (tertiary alicyclic amines) is 1. The SMILES string of the molecule is CC(c1cccnc1)N1CCC(N(C)S(C)(=O)=O)CC1. The van der Waals surface area contributed by atoms with E-state index < -0.39 is 10.0 Å². The summed E-state index contributed by atoms with van der Waals surface area (Å²) >= 11 is 0. The Labute approximate surface area is 121 Å². The number of pyridine rings is 1. The van der Waals surface area contributed by atoms with E-state index in [9.17, 15) is 8.42 Å². The molecular formula is C14H23N3O2S. The van der Waals surface area contributed by atoms with Crippen molar-refractivity contribution in [2.24, 2.45) is 0 Å². The molecule has 1 fully saturated rings. The molecule has 2 rings (SSSR count). The number of hydrogen-bond donors (Lipinski definition) is 0. The highest BCUT2D eigenvalue weighted by Crippen LogP contribution is 2.25. The fourth-order valence-corrected chi connectivity index (χ4v) is 3.49. The van der Waals surface area contributed by atoms with Crippen LogP contribution in [0.3, 0.4) is 0 Å². The van der Waals surface area contributed by atoms with Crippen LogP contribution in [0.4, 0.5) is 0 Å². The predicted octanol–water partition coefficient (Wildman–Crippen LogP) is 1.50. The van der Waals surface area contributed by atoms with Crippen LogP contribution >= 0.6 is 0 Å². The molecule has 0 radical (unpaired) electrons. The van der Waals surface area contributed by atoms with Crippen LogP contribution in [-0.2, 0) is 10.0 Å². The summed E-state index contributed by atoms with van der Waals surface area (Å²) in [5.41, 5.74) is 1.21. The second-order valence-corrected chi connectivity index (χ2v) is 7.55. The second-order valence-electron chi connectivity index (χ2n) is 5.51. The van der Waals surface area contributed by atoms with Crippen LogP contribution in [0.15, 0.2) is 24.5 Å². The van der Waals surface area contributed by atoms with Crippen molar-refractivity contribution >= 4 is 10.0 Å². The fraction of sp³-hybridized carbons (Fsp3) is 0.643. The quantitative estimate of drug-likeness (QED) is 0.845. The van der Waals surface area contributed by atoms with Gasteiger partial charge in [0.15, 0.2) is 0 Å². The molecule has 0 spiro atoms. The zero-order valence-corrected chi connectivity index (χ0v) is 13.2. The van der Waals surface area contributed by atoms with Gasteiger partial charge in [-0.3, -0.25) is 9.88 Å². The maximum absolute atomic E-state index is 11.6. The summed E-state index contributed by atoms with van der Waals surface area (Å²) in [4.78, 5) is 6.55. The van der Waals surface area contributed by atoms with Gasteiger partial charge in [0.1, 0.15) is 0 Å². The Morgan fingerprint density at radius 2 is 2.05 bits per heavy atom. The first-order chi connectivity index (χ1) is 9.39. The van der Waals surface area contributed by atoms with Crippen LogP contribution in [0.1, 0.15) is 31.4 Å². The number of hydrogen-bond acceptors (Lipinski definition) is 4. The third-order valence-corrected chi connectivity index (χ3v) is 5.60. The van der Waals surface area contributed by atoms with E-state index in [1.807, 2.05) is 12.3 Å². The smallest absolute Gasteiger partial charge is 0.211 e. The molecule has 1 aromatic rings. The molecule has 0 N–H and O–H groups in total. The Kier molecular flexibility index (Phi) is 4.78. The highest BCUT2D eigenvalue weighted by Gasteiger charge is 2.29. The minimum Gasteiger partial charge on any atom is -0.296 e. The molecule has 112 valence electrons. The van der Waals surface area contributed by atoms with Crippen LogP contribution in [0.2, 0.25) is 0 Å². The second kappa shape index (κ2) is 6.20. The first kappa shape index (κ1) is 15.4. The monoisotopic (exact) mass is 297 g/mol. The highest BCUT2D eigenvalue weighted by molar-refractivity contribution is 7.88. The summed E-state index contributed by atoms with van der Waals surface area (Å²) in [6.07, 6.45) is 6.73. The molecule has 1 aromatic heterocycles. The molecule has 1 atom stereocenters. The maximum atomic E-state index is 11.6. The number of nitrogens with zero attached hydrogens (tertiary/aromatic N) is 3. The molecule has 6 heteroatoms. The first-order valence-electron chi connectivity index (χ1n) is 6.96.